The van der Waals surface area contributed by atoms with Crippen molar-refractivity contribution >= 4 is 0 Å². The molecule has 142 valence electrons. The molecule has 0 heterocycles. The molecule has 0 saturated carbocycles. The Kier molecular flexibility index (Phi) is 6.71. The highest BCUT2D eigenvalue weighted by Crippen LogP contribution is 2.41. The van der Waals surface area contributed by atoms with E-state index in [-0.39, 0.29) is 42.5 Å². The molecule has 0 fully saturated rings. The highest BCUT2D eigenvalue weighted by atomic mass is 16.5. The van der Waals surface area contributed by atoms with Crippen molar-refractivity contribution in [1.29, 1.82) is 0 Å². The zero-order valence-electron chi connectivity index (χ0n) is 15.2. The number of hydrogen-bond donors (Lipinski definition) is 4. The van der Waals surface area contributed by atoms with Gasteiger partial charge in [0, 0.05) is 19.1 Å². The van der Waals surface area contributed by atoms with Gasteiger partial charge in [0.05, 0.1) is 14.2 Å². The van der Waals surface area contributed by atoms with Crippen LogP contribution in [0.15, 0.2) is 36.4 Å². The molecule has 0 spiro atoms. The van der Waals surface area contributed by atoms with Gasteiger partial charge in [-0.2, -0.15) is 0 Å². The molecule has 2 atom stereocenters. The maximum absolute atomic E-state index is 10.0. The molecule has 6 nitrogen and oxygen atoms in total. The molecule has 4 N–H and O–H groups in total. The van der Waals surface area contributed by atoms with Crippen molar-refractivity contribution in [2.45, 2.75) is 12.8 Å². The van der Waals surface area contributed by atoms with E-state index in [1.54, 1.807) is 24.3 Å². The smallest absolute Gasteiger partial charge is 0.160 e. The third-order valence-corrected chi connectivity index (χ3v) is 4.78. The van der Waals surface area contributed by atoms with Gasteiger partial charge in [-0.15, -0.1) is 0 Å². The molecule has 0 saturated heterocycles. The standard InChI is InChI=1S/C20H26O6/c1-12(10-21)15(11-22)20(13-4-6-16(23)18(8-13)25-2)14-5-7-17(24)19(9-14)26-3/h4-9,12,15,20-24H,10-11H2,1-3H3/t12-,15-/m1/s1. The van der Waals surface area contributed by atoms with Crippen LogP contribution in [0, 0.1) is 11.8 Å². The van der Waals surface area contributed by atoms with Crippen molar-refractivity contribution < 1.29 is 29.9 Å². The lowest BCUT2D eigenvalue weighted by atomic mass is 9.75. The number of aliphatic hydroxyl groups excluding tert-OH is 2. The van der Waals surface area contributed by atoms with Crippen molar-refractivity contribution in [3.8, 4) is 23.0 Å². The minimum atomic E-state index is -0.300. The van der Waals surface area contributed by atoms with Crippen LogP contribution in [0.4, 0.5) is 0 Å². The number of phenols is 2. The average Bonchev–Trinajstić information content (AvgIpc) is 2.66. The lowest BCUT2D eigenvalue weighted by Crippen LogP contribution is -2.27. The largest absolute Gasteiger partial charge is 0.504 e. The summed E-state index contributed by atoms with van der Waals surface area (Å²) in [7, 11) is 2.94. The molecule has 26 heavy (non-hydrogen) atoms. The maximum Gasteiger partial charge on any atom is 0.160 e. The fraction of sp³-hybridized carbons (Fsp3) is 0.400. The highest BCUT2D eigenvalue weighted by molar-refractivity contribution is 5.49. The van der Waals surface area contributed by atoms with E-state index < -0.39 is 0 Å². The summed E-state index contributed by atoms with van der Waals surface area (Å²) in [6, 6.07) is 10.0. The van der Waals surface area contributed by atoms with Crippen LogP contribution in [-0.2, 0) is 0 Å². The SMILES string of the molecule is COc1cc(C(c2ccc(O)c(OC)c2)[C@H](CO)[C@H](C)CO)ccc1O. The number of hydrogen-bond acceptors (Lipinski definition) is 6. The highest BCUT2D eigenvalue weighted by Gasteiger charge is 2.30. The molecule has 2 aromatic rings. The summed E-state index contributed by atoms with van der Waals surface area (Å²) in [4.78, 5) is 0. The zero-order valence-corrected chi connectivity index (χ0v) is 15.2. The quantitative estimate of drug-likeness (QED) is 0.576. The molecule has 0 bridgehead atoms. The second-order valence-corrected chi connectivity index (χ2v) is 6.35. The topological polar surface area (TPSA) is 99.4 Å². The van der Waals surface area contributed by atoms with Gasteiger partial charge < -0.3 is 29.9 Å². The number of aliphatic hydroxyl groups is 2. The lowest BCUT2D eigenvalue weighted by Gasteiger charge is -2.31. The van der Waals surface area contributed by atoms with E-state index in [9.17, 15) is 20.4 Å². The summed E-state index contributed by atoms with van der Waals surface area (Å²) in [6.07, 6.45) is 0. The maximum atomic E-state index is 10.0. The number of benzene rings is 2. The van der Waals surface area contributed by atoms with Gasteiger partial charge in [-0.25, -0.2) is 0 Å². The molecule has 2 rings (SSSR count). The van der Waals surface area contributed by atoms with Gasteiger partial charge in [-0.3, -0.25) is 0 Å². The van der Waals surface area contributed by atoms with Crippen LogP contribution in [-0.4, -0.2) is 47.9 Å². The van der Waals surface area contributed by atoms with Gasteiger partial charge in [0.15, 0.2) is 23.0 Å². The second-order valence-electron chi connectivity index (χ2n) is 6.35. The van der Waals surface area contributed by atoms with Crippen molar-refractivity contribution in [2.24, 2.45) is 11.8 Å². The molecular weight excluding hydrogens is 336 g/mol. The van der Waals surface area contributed by atoms with Crippen molar-refractivity contribution in [2.75, 3.05) is 27.4 Å². The van der Waals surface area contributed by atoms with E-state index in [0.717, 1.165) is 11.1 Å². The third-order valence-electron chi connectivity index (χ3n) is 4.78. The Morgan fingerprint density at radius 2 is 1.27 bits per heavy atom. The molecule has 0 aliphatic rings. The van der Waals surface area contributed by atoms with Gasteiger partial charge in [-0.1, -0.05) is 19.1 Å². The molecule has 0 aliphatic heterocycles. The van der Waals surface area contributed by atoms with Crippen LogP contribution >= 0.6 is 0 Å². The molecule has 0 amide bonds. The summed E-state index contributed by atoms with van der Waals surface area (Å²) in [5, 5.41) is 39.4. The third kappa shape index (κ3) is 4.03. The summed E-state index contributed by atoms with van der Waals surface area (Å²) in [5.41, 5.74) is 1.62. The number of methoxy groups -OCH3 is 2. The van der Waals surface area contributed by atoms with Crippen molar-refractivity contribution in [3.63, 3.8) is 0 Å². The van der Waals surface area contributed by atoms with Gasteiger partial charge in [0.1, 0.15) is 0 Å². The summed E-state index contributed by atoms with van der Waals surface area (Å²) in [6.45, 7) is 1.65. The van der Waals surface area contributed by atoms with Gasteiger partial charge >= 0.3 is 0 Å². The molecule has 6 heteroatoms. The number of phenolic OH excluding ortho intramolecular Hbond substituents is 2. The normalized spacial score (nSPS) is 13.5. The predicted molar refractivity (Wildman–Crippen MR) is 98.0 cm³/mol. The number of ether oxygens (including phenoxy) is 2. The van der Waals surface area contributed by atoms with Gasteiger partial charge in [0.2, 0.25) is 0 Å². The van der Waals surface area contributed by atoms with E-state index in [2.05, 4.69) is 0 Å². The number of rotatable bonds is 8. The van der Waals surface area contributed by atoms with Crippen LogP contribution in [0.2, 0.25) is 0 Å². The van der Waals surface area contributed by atoms with E-state index in [1.165, 1.54) is 26.4 Å². The fourth-order valence-corrected chi connectivity index (χ4v) is 3.21. The molecule has 0 unspecified atom stereocenters. The molecule has 0 radical (unpaired) electrons. The molecular formula is C20H26O6. The minimum absolute atomic E-state index is 0.0223. The predicted octanol–water partition coefficient (Wildman–Crippen LogP) is 2.48. The molecule has 0 aromatic heterocycles. The molecule has 2 aromatic carbocycles. The van der Waals surface area contributed by atoms with Crippen LogP contribution in [0.3, 0.4) is 0 Å². The first-order valence-electron chi connectivity index (χ1n) is 8.42. The first-order chi connectivity index (χ1) is 12.5. The first kappa shape index (κ1) is 19.9. The van der Waals surface area contributed by atoms with Gasteiger partial charge in [-0.05, 0) is 47.2 Å². The summed E-state index contributed by atoms with van der Waals surface area (Å²) in [5.74, 6) is -0.0690. The van der Waals surface area contributed by atoms with Crippen molar-refractivity contribution in [1.82, 2.24) is 0 Å². The fourth-order valence-electron chi connectivity index (χ4n) is 3.21. The molecule has 0 aliphatic carbocycles. The monoisotopic (exact) mass is 362 g/mol. The second kappa shape index (κ2) is 8.78. The van der Waals surface area contributed by atoms with Crippen LogP contribution < -0.4 is 9.47 Å². The van der Waals surface area contributed by atoms with E-state index in [4.69, 9.17) is 9.47 Å². The Hall–Kier alpha value is -2.44. The van der Waals surface area contributed by atoms with Crippen LogP contribution in [0.1, 0.15) is 24.0 Å². The Morgan fingerprint density at radius 3 is 1.62 bits per heavy atom. The van der Waals surface area contributed by atoms with E-state index in [1.807, 2.05) is 6.92 Å². The Balaban J connectivity index is 2.62. The summed E-state index contributed by atoms with van der Waals surface area (Å²) < 4.78 is 10.4. The average molecular weight is 362 g/mol. The van der Waals surface area contributed by atoms with Crippen molar-refractivity contribution in [3.05, 3.63) is 47.5 Å². The van der Waals surface area contributed by atoms with Crippen LogP contribution in [0.5, 0.6) is 23.0 Å². The van der Waals surface area contributed by atoms with E-state index in [0.29, 0.717) is 11.5 Å². The van der Waals surface area contributed by atoms with Gasteiger partial charge in [0.25, 0.3) is 0 Å². The first-order valence-corrected chi connectivity index (χ1v) is 8.42. The zero-order chi connectivity index (χ0) is 19.3. The summed E-state index contributed by atoms with van der Waals surface area (Å²) >= 11 is 0. The van der Waals surface area contributed by atoms with Crippen LogP contribution in [0.25, 0.3) is 0 Å². The number of aromatic hydroxyl groups is 2. The Morgan fingerprint density at radius 1 is 0.808 bits per heavy atom. The Bertz CT molecular complexity index is 677. The van der Waals surface area contributed by atoms with E-state index >= 15 is 0 Å². The minimum Gasteiger partial charge on any atom is -0.504 e. The Labute approximate surface area is 153 Å². The lowest BCUT2D eigenvalue weighted by molar-refractivity contribution is 0.119.